The van der Waals surface area contributed by atoms with Crippen LogP contribution >= 0.6 is 12.4 Å². The number of carbonyl (C=O) groups excluding carboxylic acids is 2. The van der Waals surface area contributed by atoms with E-state index in [-0.39, 0.29) is 32.0 Å². The van der Waals surface area contributed by atoms with Gasteiger partial charge < -0.3 is 15.2 Å². The lowest BCUT2D eigenvalue weighted by Gasteiger charge is -2.11. The molecule has 1 unspecified atom stereocenters. The van der Waals surface area contributed by atoms with E-state index in [1.807, 2.05) is 30.3 Å². The van der Waals surface area contributed by atoms with Crippen molar-refractivity contribution >= 4 is 24.3 Å². The second-order valence-corrected chi connectivity index (χ2v) is 3.81. The molecular weight excluding hydrogens is 270 g/mol. The van der Waals surface area contributed by atoms with Crippen molar-refractivity contribution in [1.29, 1.82) is 0 Å². The zero-order valence-corrected chi connectivity index (χ0v) is 11.5. The number of benzene rings is 1. The highest BCUT2D eigenvalue weighted by atomic mass is 35.5. The summed E-state index contributed by atoms with van der Waals surface area (Å²) in [5, 5.41) is 0. The van der Waals surface area contributed by atoms with Gasteiger partial charge in [-0.25, -0.2) is 0 Å². The summed E-state index contributed by atoms with van der Waals surface area (Å²) >= 11 is 0. The molecule has 0 heterocycles. The number of esters is 2. The van der Waals surface area contributed by atoms with E-state index >= 15 is 0 Å². The quantitative estimate of drug-likeness (QED) is 0.798. The van der Waals surface area contributed by atoms with Crippen LogP contribution in [-0.2, 0) is 25.7 Å². The molecule has 0 aliphatic rings. The first-order valence-corrected chi connectivity index (χ1v) is 5.64. The summed E-state index contributed by atoms with van der Waals surface area (Å²) in [5.74, 6) is -1.59. The standard InChI is InChI=1S/C13H17NO4.ClH/c1-17-13(16)11(8-14)7-12(15)18-9-10-5-3-2-4-6-10;/h2-6,11H,7-9,14H2,1H3;1H. The SMILES string of the molecule is COC(=O)C(CN)CC(=O)OCc1ccccc1.Cl. The zero-order valence-electron chi connectivity index (χ0n) is 10.7. The van der Waals surface area contributed by atoms with Crippen molar-refractivity contribution in [3.05, 3.63) is 35.9 Å². The number of halogens is 1. The fourth-order valence-corrected chi connectivity index (χ4v) is 1.43. The molecule has 0 aromatic heterocycles. The molecule has 106 valence electrons. The van der Waals surface area contributed by atoms with Crippen molar-refractivity contribution in [2.75, 3.05) is 13.7 Å². The van der Waals surface area contributed by atoms with Crippen molar-refractivity contribution in [2.24, 2.45) is 11.7 Å². The topological polar surface area (TPSA) is 78.6 Å². The Hall–Kier alpha value is -1.59. The lowest BCUT2D eigenvalue weighted by atomic mass is 10.1. The Bertz CT molecular complexity index is 397. The Morgan fingerprint density at radius 1 is 1.26 bits per heavy atom. The van der Waals surface area contributed by atoms with E-state index in [1.165, 1.54) is 7.11 Å². The van der Waals surface area contributed by atoms with Crippen molar-refractivity contribution < 1.29 is 19.1 Å². The average Bonchev–Trinajstić information content (AvgIpc) is 2.42. The van der Waals surface area contributed by atoms with Crippen molar-refractivity contribution in [2.45, 2.75) is 13.0 Å². The third kappa shape index (κ3) is 6.22. The fourth-order valence-electron chi connectivity index (χ4n) is 1.43. The van der Waals surface area contributed by atoms with Crippen LogP contribution in [0.3, 0.4) is 0 Å². The molecule has 0 radical (unpaired) electrons. The van der Waals surface area contributed by atoms with Crippen molar-refractivity contribution in [3.8, 4) is 0 Å². The van der Waals surface area contributed by atoms with Gasteiger partial charge in [0, 0.05) is 6.54 Å². The molecule has 5 nitrogen and oxygen atoms in total. The fraction of sp³-hybridized carbons (Fsp3) is 0.385. The van der Waals surface area contributed by atoms with Crippen LogP contribution in [0.5, 0.6) is 0 Å². The molecule has 19 heavy (non-hydrogen) atoms. The van der Waals surface area contributed by atoms with E-state index < -0.39 is 17.9 Å². The van der Waals surface area contributed by atoms with Gasteiger partial charge in [0.25, 0.3) is 0 Å². The van der Waals surface area contributed by atoms with E-state index in [9.17, 15) is 9.59 Å². The van der Waals surface area contributed by atoms with Crippen LogP contribution in [0.25, 0.3) is 0 Å². The summed E-state index contributed by atoms with van der Waals surface area (Å²) in [6.07, 6.45) is -0.0595. The van der Waals surface area contributed by atoms with Crippen LogP contribution in [-0.4, -0.2) is 25.6 Å². The predicted molar refractivity (Wildman–Crippen MR) is 72.7 cm³/mol. The molecule has 1 atom stereocenters. The van der Waals surface area contributed by atoms with Gasteiger partial charge in [0.2, 0.25) is 0 Å². The lowest BCUT2D eigenvalue weighted by Crippen LogP contribution is -2.28. The van der Waals surface area contributed by atoms with E-state index in [2.05, 4.69) is 4.74 Å². The summed E-state index contributed by atoms with van der Waals surface area (Å²) in [6, 6.07) is 9.32. The van der Waals surface area contributed by atoms with Gasteiger partial charge in [-0.2, -0.15) is 0 Å². The smallest absolute Gasteiger partial charge is 0.310 e. The van der Waals surface area contributed by atoms with Gasteiger partial charge in [0.15, 0.2) is 0 Å². The molecule has 0 aliphatic heterocycles. The maximum Gasteiger partial charge on any atom is 0.310 e. The zero-order chi connectivity index (χ0) is 13.4. The number of hydrogen-bond donors (Lipinski definition) is 1. The third-order valence-electron chi connectivity index (χ3n) is 2.47. The lowest BCUT2D eigenvalue weighted by molar-refractivity contribution is -0.153. The number of hydrogen-bond acceptors (Lipinski definition) is 5. The first-order chi connectivity index (χ1) is 8.67. The summed E-state index contributed by atoms with van der Waals surface area (Å²) in [6.45, 7) is 0.255. The molecule has 0 fully saturated rings. The second kappa shape index (κ2) is 9.35. The highest BCUT2D eigenvalue weighted by Gasteiger charge is 2.21. The van der Waals surface area contributed by atoms with Crippen LogP contribution < -0.4 is 5.73 Å². The van der Waals surface area contributed by atoms with E-state index in [0.717, 1.165) is 5.56 Å². The molecule has 0 amide bonds. The summed E-state index contributed by atoms with van der Waals surface area (Å²) < 4.78 is 9.59. The van der Waals surface area contributed by atoms with Gasteiger partial charge in [0.05, 0.1) is 19.4 Å². The largest absolute Gasteiger partial charge is 0.469 e. The van der Waals surface area contributed by atoms with E-state index in [4.69, 9.17) is 10.5 Å². The minimum Gasteiger partial charge on any atom is -0.469 e. The van der Waals surface area contributed by atoms with Gasteiger partial charge in [-0.1, -0.05) is 30.3 Å². The molecule has 0 bridgehead atoms. The summed E-state index contributed by atoms with van der Waals surface area (Å²) in [5.41, 5.74) is 6.29. The Labute approximate surface area is 118 Å². The third-order valence-corrected chi connectivity index (χ3v) is 2.47. The first kappa shape index (κ1) is 17.4. The molecule has 0 aliphatic carbocycles. The maximum atomic E-state index is 11.5. The Kier molecular flexibility index (Phi) is 8.57. The highest BCUT2D eigenvalue weighted by Crippen LogP contribution is 2.07. The van der Waals surface area contributed by atoms with Crippen LogP contribution in [0.1, 0.15) is 12.0 Å². The van der Waals surface area contributed by atoms with Gasteiger partial charge >= 0.3 is 11.9 Å². The van der Waals surface area contributed by atoms with Gasteiger partial charge in [-0.3, -0.25) is 9.59 Å². The average molecular weight is 288 g/mol. The minimum atomic E-state index is -0.640. The minimum absolute atomic E-state index is 0. The van der Waals surface area contributed by atoms with Crippen LogP contribution in [0.2, 0.25) is 0 Å². The summed E-state index contributed by atoms with van der Waals surface area (Å²) in [4.78, 5) is 22.8. The van der Waals surface area contributed by atoms with Crippen LogP contribution in [0.4, 0.5) is 0 Å². The molecule has 0 saturated heterocycles. The second-order valence-electron chi connectivity index (χ2n) is 3.81. The number of carbonyl (C=O) groups is 2. The number of methoxy groups -OCH3 is 1. The number of rotatable bonds is 6. The normalized spacial score (nSPS) is 11.1. The maximum absolute atomic E-state index is 11.5. The van der Waals surface area contributed by atoms with Crippen LogP contribution in [0.15, 0.2) is 30.3 Å². The molecule has 0 saturated carbocycles. The first-order valence-electron chi connectivity index (χ1n) is 5.64. The molecule has 0 spiro atoms. The Balaban J connectivity index is 0.00000324. The number of ether oxygens (including phenoxy) is 2. The molecule has 2 N–H and O–H groups in total. The molecule has 1 rings (SSSR count). The molecule has 6 heteroatoms. The Morgan fingerprint density at radius 2 is 1.89 bits per heavy atom. The van der Waals surface area contributed by atoms with Crippen molar-refractivity contribution in [1.82, 2.24) is 0 Å². The summed E-state index contributed by atoms with van der Waals surface area (Å²) in [7, 11) is 1.26. The van der Waals surface area contributed by atoms with Crippen molar-refractivity contribution in [3.63, 3.8) is 0 Å². The molecular formula is C13H18ClNO4. The Morgan fingerprint density at radius 3 is 2.42 bits per heavy atom. The monoisotopic (exact) mass is 287 g/mol. The van der Waals surface area contributed by atoms with Gasteiger partial charge in [0.1, 0.15) is 6.61 Å². The van der Waals surface area contributed by atoms with Gasteiger partial charge in [-0.05, 0) is 5.56 Å². The number of nitrogens with two attached hydrogens (primary N) is 1. The molecule has 1 aromatic carbocycles. The molecule has 1 aromatic rings. The predicted octanol–water partition coefficient (Wildman–Crippen LogP) is 1.29. The highest BCUT2D eigenvalue weighted by molar-refractivity contribution is 5.85. The van der Waals surface area contributed by atoms with Gasteiger partial charge in [-0.15, -0.1) is 12.4 Å². The van der Waals surface area contributed by atoms with E-state index in [1.54, 1.807) is 0 Å². The van der Waals surface area contributed by atoms with E-state index in [0.29, 0.717) is 0 Å². The van der Waals surface area contributed by atoms with Crippen LogP contribution in [0, 0.1) is 5.92 Å².